The Hall–Kier alpha value is -2.15. The number of anilines is 1. The van der Waals surface area contributed by atoms with Crippen molar-refractivity contribution in [2.75, 3.05) is 25.2 Å². The molecule has 0 saturated carbocycles. The second-order valence-electron chi connectivity index (χ2n) is 6.37. The quantitative estimate of drug-likeness (QED) is 0.866. The van der Waals surface area contributed by atoms with Crippen LogP contribution >= 0.6 is 0 Å². The summed E-state index contributed by atoms with van der Waals surface area (Å²) < 4.78 is 12.3. The van der Waals surface area contributed by atoms with Crippen molar-refractivity contribution in [2.45, 2.75) is 40.2 Å². The first-order valence-corrected chi connectivity index (χ1v) is 7.55. The molecule has 0 aliphatic rings. The van der Waals surface area contributed by atoms with Crippen LogP contribution in [-0.2, 0) is 9.47 Å². The SMILES string of the molecule is COCCN(C(=O)OC(C)(C)C)c1c(C)c(C)nc2ccnn12. The maximum atomic E-state index is 12.7. The summed E-state index contributed by atoms with van der Waals surface area (Å²) in [6, 6.07) is 1.81. The summed E-state index contributed by atoms with van der Waals surface area (Å²) in [5, 5.41) is 4.29. The zero-order valence-corrected chi connectivity index (χ0v) is 14.6. The van der Waals surface area contributed by atoms with Gasteiger partial charge in [-0.25, -0.2) is 9.78 Å². The number of aryl methyl sites for hydroxylation is 1. The van der Waals surface area contributed by atoms with Crippen molar-refractivity contribution in [3.8, 4) is 0 Å². The fourth-order valence-corrected chi connectivity index (χ4v) is 2.22. The zero-order chi connectivity index (χ0) is 17.2. The van der Waals surface area contributed by atoms with Crippen LogP contribution in [0.5, 0.6) is 0 Å². The van der Waals surface area contributed by atoms with Crippen molar-refractivity contribution in [3.63, 3.8) is 0 Å². The molecule has 0 atom stereocenters. The highest BCUT2D eigenvalue weighted by Gasteiger charge is 2.27. The molecule has 0 fully saturated rings. The summed E-state index contributed by atoms with van der Waals surface area (Å²) in [5.74, 6) is 0.656. The van der Waals surface area contributed by atoms with Gasteiger partial charge in [0.05, 0.1) is 19.3 Å². The van der Waals surface area contributed by atoms with Crippen LogP contribution in [-0.4, -0.2) is 46.6 Å². The number of hydrogen-bond donors (Lipinski definition) is 0. The molecule has 2 aromatic rings. The number of ether oxygens (including phenoxy) is 2. The molecule has 0 bridgehead atoms. The van der Waals surface area contributed by atoms with Gasteiger partial charge in [-0.1, -0.05) is 0 Å². The van der Waals surface area contributed by atoms with E-state index in [1.54, 1.807) is 28.8 Å². The average Bonchev–Trinajstić information content (AvgIpc) is 2.88. The van der Waals surface area contributed by atoms with Crippen molar-refractivity contribution >= 4 is 17.6 Å². The molecular formula is C16H24N4O3. The number of nitrogens with zero attached hydrogens (tertiary/aromatic N) is 4. The molecule has 0 radical (unpaired) electrons. The van der Waals surface area contributed by atoms with Crippen molar-refractivity contribution in [1.29, 1.82) is 0 Å². The van der Waals surface area contributed by atoms with Crippen LogP contribution in [0.25, 0.3) is 5.65 Å². The molecule has 23 heavy (non-hydrogen) atoms. The summed E-state index contributed by atoms with van der Waals surface area (Å²) >= 11 is 0. The summed E-state index contributed by atoms with van der Waals surface area (Å²) in [6.07, 6.45) is 1.23. The molecule has 126 valence electrons. The van der Waals surface area contributed by atoms with E-state index in [0.717, 1.165) is 11.3 Å². The molecule has 0 aliphatic heterocycles. The highest BCUT2D eigenvalue weighted by atomic mass is 16.6. The highest BCUT2D eigenvalue weighted by molar-refractivity contribution is 5.88. The van der Waals surface area contributed by atoms with Gasteiger partial charge in [-0.15, -0.1) is 0 Å². The largest absolute Gasteiger partial charge is 0.443 e. The van der Waals surface area contributed by atoms with E-state index >= 15 is 0 Å². The second kappa shape index (κ2) is 6.54. The van der Waals surface area contributed by atoms with E-state index in [9.17, 15) is 4.79 Å². The van der Waals surface area contributed by atoms with Crippen LogP contribution in [0.2, 0.25) is 0 Å². The molecule has 0 aliphatic carbocycles. The molecule has 2 aromatic heterocycles. The topological polar surface area (TPSA) is 69.0 Å². The minimum absolute atomic E-state index is 0.366. The average molecular weight is 320 g/mol. The van der Waals surface area contributed by atoms with Gasteiger partial charge in [0.25, 0.3) is 0 Å². The molecule has 0 saturated heterocycles. The van der Waals surface area contributed by atoms with Gasteiger partial charge in [-0.05, 0) is 34.6 Å². The number of fused-ring (bicyclic) bond motifs is 1. The molecular weight excluding hydrogens is 296 g/mol. The Bertz CT molecular complexity index is 703. The van der Waals surface area contributed by atoms with Gasteiger partial charge < -0.3 is 9.47 Å². The normalized spacial score (nSPS) is 11.7. The summed E-state index contributed by atoms with van der Waals surface area (Å²) in [5.41, 5.74) is 1.83. The molecule has 2 rings (SSSR count). The molecule has 0 unspecified atom stereocenters. The van der Waals surface area contributed by atoms with Crippen molar-refractivity contribution < 1.29 is 14.3 Å². The summed E-state index contributed by atoms with van der Waals surface area (Å²) in [7, 11) is 1.60. The Labute approximate surface area is 136 Å². The smallest absolute Gasteiger partial charge is 0.416 e. The van der Waals surface area contributed by atoms with Gasteiger partial charge in [0.2, 0.25) is 0 Å². The van der Waals surface area contributed by atoms with Crippen LogP contribution < -0.4 is 4.90 Å². The zero-order valence-electron chi connectivity index (χ0n) is 14.6. The summed E-state index contributed by atoms with van der Waals surface area (Å²) in [4.78, 5) is 18.7. The van der Waals surface area contributed by atoms with E-state index in [0.29, 0.717) is 24.6 Å². The van der Waals surface area contributed by atoms with Crippen LogP contribution in [0.4, 0.5) is 10.6 Å². The predicted molar refractivity (Wildman–Crippen MR) is 87.9 cm³/mol. The number of carbonyl (C=O) groups is 1. The lowest BCUT2D eigenvalue weighted by Gasteiger charge is -2.28. The van der Waals surface area contributed by atoms with Crippen molar-refractivity contribution in [1.82, 2.24) is 14.6 Å². The van der Waals surface area contributed by atoms with E-state index < -0.39 is 11.7 Å². The predicted octanol–water partition coefficient (Wildman–Crippen LogP) is 2.73. The van der Waals surface area contributed by atoms with Gasteiger partial charge in [-0.2, -0.15) is 9.61 Å². The number of rotatable bonds is 4. The molecule has 2 heterocycles. The molecule has 0 N–H and O–H groups in total. The molecule has 1 amide bonds. The monoisotopic (exact) mass is 320 g/mol. The second-order valence-corrected chi connectivity index (χ2v) is 6.37. The third-order valence-electron chi connectivity index (χ3n) is 3.37. The van der Waals surface area contributed by atoms with Crippen LogP contribution in [0, 0.1) is 13.8 Å². The number of carbonyl (C=O) groups excluding carboxylic acids is 1. The Kier molecular flexibility index (Phi) is 4.89. The Morgan fingerprint density at radius 2 is 2.04 bits per heavy atom. The molecule has 7 nitrogen and oxygen atoms in total. The summed E-state index contributed by atoms with van der Waals surface area (Å²) in [6.45, 7) is 10.1. The van der Waals surface area contributed by atoms with Crippen LogP contribution in [0.1, 0.15) is 32.0 Å². The lowest BCUT2D eigenvalue weighted by Crippen LogP contribution is -2.40. The third kappa shape index (κ3) is 3.79. The number of amides is 1. The molecule has 0 spiro atoms. The van der Waals surface area contributed by atoms with E-state index in [-0.39, 0.29) is 0 Å². The Morgan fingerprint density at radius 1 is 1.35 bits per heavy atom. The van der Waals surface area contributed by atoms with E-state index in [2.05, 4.69) is 10.1 Å². The molecule has 7 heteroatoms. The van der Waals surface area contributed by atoms with E-state index in [1.165, 1.54) is 0 Å². The van der Waals surface area contributed by atoms with E-state index in [4.69, 9.17) is 9.47 Å². The van der Waals surface area contributed by atoms with Crippen molar-refractivity contribution in [3.05, 3.63) is 23.5 Å². The van der Waals surface area contributed by atoms with Gasteiger partial charge in [0, 0.05) is 24.4 Å². The first-order chi connectivity index (χ1) is 10.7. The van der Waals surface area contributed by atoms with Gasteiger partial charge in [0.1, 0.15) is 11.4 Å². The van der Waals surface area contributed by atoms with Gasteiger partial charge in [0.15, 0.2) is 5.65 Å². The first-order valence-electron chi connectivity index (χ1n) is 7.55. The third-order valence-corrected chi connectivity index (χ3v) is 3.37. The fourth-order valence-electron chi connectivity index (χ4n) is 2.22. The lowest BCUT2D eigenvalue weighted by atomic mass is 10.2. The standard InChI is InChI=1S/C16H24N4O3/c1-11-12(2)18-13-7-8-17-20(13)14(11)19(9-10-22-6)15(21)23-16(3,4)5/h7-8H,9-10H2,1-6H3. The number of hydrogen-bond acceptors (Lipinski definition) is 5. The maximum Gasteiger partial charge on any atom is 0.416 e. The minimum Gasteiger partial charge on any atom is -0.443 e. The Morgan fingerprint density at radius 3 is 2.65 bits per heavy atom. The Balaban J connectivity index is 2.53. The minimum atomic E-state index is -0.582. The number of aromatic nitrogens is 3. The highest BCUT2D eigenvalue weighted by Crippen LogP contribution is 2.25. The molecule has 0 aromatic carbocycles. The van der Waals surface area contributed by atoms with Crippen LogP contribution in [0.15, 0.2) is 12.3 Å². The van der Waals surface area contributed by atoms with Gasteiger partial charge >= 0.3 is 6.09 Å². The fraction of sp³-hybridized carbons (Fsp3) is 0.562. The van der Waals surface area contributed by atoms with Crippen LogP contribution in [0.3, 0.4) is 0 Å². The van der Waals surface area contributed by atoms with Gasteiger partial charge in [-0.3, -0.25) is 4.90 Å². The van der Waals surface area contributed by atoms with E-state index in [1.807, 2.05) is 34.6 Å². The van der Waals surface area contributed by atoms with Crippen molar-refractivity contribution in [2.24, 2.45) is 0 Å². The maximum absolute atomic E-state index is 12.7. The first kappa shape index (κ1) is 17.2. The lowest BCUT2D eigenvalue weighted by molar-refractivity contribution is 0.0567. The number of methoxy groups -OCH3 is 1.